The molecule has 0 aliphatic rings. The molecule has 106 valence electrons. The van der Waals surface area contributed by atoms with Crippen LogP contribution in [0.1, 0.15) is 13.8 Å². The van der Waals surface area contributed by atoms with E-state index in [4.69, 9.17) is 5.11 Å². The number of amides is 2. The standard InChI is InChI=1S/C11H19N5O3/c1-8(2)11(19)12-9-6-16(14-13-9)7-10(18)15(3)4-5-17/h6,8,17H,4-5,7H2,1-3H3,(H,12,19). The Balaban J connectivity index is 2.55. The quantitative estimate of drug-likeness (QED) is 0.713. The highest BCUT2D eigenvalue weighted by molar-refractivity contribution is 5.90. The number of nitrogens with one attached hydrogen (secondary N) is 1. The molecule has 2 N–H and O–H groups in total. The number of aromatic nitrogens is 3. The molecule has 19 heavy (non-hydrogen) atoms. The molecule has 0 fully saturated rings. The van der Waals surface area contributed by atoms with E-state index in [1.807, 2.05) is 0 Å². The minimum atomic E-state index is -0.194. The summed E-state index contributed by atoms with van der Waals surface area (Å²) >= 11 is 0. The van der Waals surface area contributed by atoms with Gasteiger partial charge in [0.1, 0.15) is 6.54 Å². The first kappa shape index (κ1) is 15.1. The maximum atomic E-state index is 11.7. The summed E-state index contributed by atoms with van der Waals surface area (Å²) in [6.07, 6.45) is 1.49. The van der Waals surface area contributed by atoms with Crippen molar-refractivity contribution >= 4 is 17.6 Å². The Morgan fingerprint density at radius 1 is 1.53 bits per heavy atom. The summed E-state index contributed by atoms with van der Waals surface area (Å²) in [6.45, 7) is 3.74. The van der Waals surface area contributed by atoms with Crippen molar-refractivity contribution in [3.8, 4) is 0 Å². The topological polar surface area (TPSA) is 100 Å². The van der Waals surface area contributed by atoms with Gasteiger partial charge >= 0.3 is 0 Å². The zero-order chi connectivity index (χ0) is 14.4. The summed E-state index contributed by atoms with van der Waals surface area (Å²) in [5, 5.41) is 18.8. The van der Waals surface area contributed by atoms with Crippen molar-refractivity contribution in [1.29, 1.82) is 0 Å². The van der Waals surface area contributed by atoms with Crippen LogP contribution >= 0.6 is 0 Å². The molecular formula is C11H19N5O3. The van der Waals surface area contributed by atoms with Crippen LogP contribution in [0, 0.1) is 5.92 Å². The second-order valence-corrected chi connectivity index (χ2v) is 4.48. The van der Waals surface area contributed by atoms with Gasteiger partial charge in [-0.25, -0.2) is 4.68 Å². The van der Waals surface area contributed by atoms with E-state index in [0.717, 1.165) is 0 Å². The second-order valence-electron chi connectivity index (χ2n) is 4.48. The van der Waals surface area contributed by atoms with Crippen molar-refractivity contribution in [3.63, 3.8) is 0 Å². The van der Waals surface area contributed by atoms with E-state index in [1.54, 1.807) is 20.9 Å². The summed E-state index contributed by atoms with van der Waals surface area (Å²) in [5.41, 5.74) is 0. The van der Waals surface area contributed by atoms with Crippen molar-refractivity contribution in [3.05, 3.63) is 6.20 Å². The molecule has 0 radical (unpaired) electrons. The van der Waals surface area contributed by atoms with E-state index < -0.39 is 0 Å². The maximum Gasteiger partial charge on any atom is 0.244 e. The lowest BCUT2D eigenvalue weighted by Gasteiger charge is -2.14. The zero-order valence-electron chi connectivity index (χ0n) is 11.3. The maximum absolute atomic E-state index is 11.7. The fourth-order valence-electron chi connectivity index (χ4n) is 1.24. The van der Waals surface area contributed by atoms with Gasteiger partial charge in [0.2, 0.25) is 11.8 Å². The van der Waals surface area contributed by atoms with Crippen molar-refractivity contribution in [2.75, 3.05) is 25.5 Å². The Kier molecular flexibility index (Phi) is 5.43. The van der Waals surface area contributed by atoms with Crippen LogP contribution in [0.4, 0.5) is 5.82 Å². The van der Waals surface area contributed by atoms with Crippen LogP contribution in [-0.2, 0) is 16.1 Å². The molecule has 0 aliphatic carbocycles. The molecule has 0 saturated heterocycles. The fraction of sp³-hybridized carbons (Fsp3) is 0.636. The number of aliphatic hydroxyl groups is 1. The summed E-state index contributed by atoms with van der Waals surface area (Å²) < 4.78 is 1.34. The molecule has 8 nitrogen and oxygen atoms in total. The third kappa shape index (κ3) is 4.66. The summed E-state index contributed by atoms with van der Waals surface area (Å²) in [6, 6.07) is 0. The number of carbonyl (C=O) groups excluding carboxylic acids is 2. The summed E-state index contributed by atoms with van der Waals surface area (Å²) in [4.78, 5) is 24.5. The van der Waals surface area contributed by atoms with Crippen LogP contribution in [0.5, 0.6) is 0 Å². The van der Waals surface area contributed by atoms with Gasteiger partial charge in [0, 0.05) is 19.5 Å². The van der Waals surface area contributed by atoms with E-state index in [9.17, 15) is 9.59 Å². The molecule has 1 heterocycles. The van der Waals surface area contributed by atoms with Gasteiger partial charge in [0.15, 0.2) is 5.82 Å². The van der Waals surface area contributed by atoms with Gasteiger partial charge in [0.05, 0.1) is 12.8 Å². The first-order valence-electron chi connectivity index (χ1n) is 6.00. The number of nitrogens with zero attached hydrogens (tertiary/aromatic N) is 4. The Bertz CT molecular complexity index is 443. The highest BCUT2D eigenvalue weighted by atomic mass is 16.3. The number of rotatable bonds is 6. The van der Waals surface area contributed by atoms with Crippen molar-refractivity contribution < 1.29 is 14.7 Å². The minimum absolute atomic E-state index is 0.0149. The van der Waals surface area contributed by atoms with Crippen molar-refractivity contribution in [2.45, 2.75) is 20.4 Å². The molecule has 1 aromatic rings. The molecular weight excluding hydrogens is 250 g/mol. The second kappa shape index (κ2) is 6.83. The first-order chi connectivity index (χ1) is 8.93. The highest BCUT2D eigenvalue weighted by Gasteiger charge is 2.12. The molecule has 0 aliphatic heterocycles. The van der Waals surface area contributed by atoms with Gasteiger partial charge in [0.25, 0.3) is 0 Å². The van der Waals surface area contributed by atoms with E-state index in [-0.39, 0.29) is 37.4 Å². The Morgan fingerprint density at radius 2 is 2.21 bits per heavy atom. The van der Waals surface area contributed by atoms with Crippen molar-refractivity contribution in [2.24, 2.45) is 5.92 Å². The SMILES string of the molecule is CC(C)C(=O)Nc1cn(CC(=O)N(C)CCO)nn1. The zero-order valence-corrected chi connectivity index (χ0v) is 11.3. The van der Waals surface area contributed by atoms with Gasteiger partial charge in [-0.05, 0) is 0 Å². The molecule has 0 atom stereocenters. The highest BCUT2D eigenvalue weighted by Crippen LogP contribution is 2.03. The Hall–Kier alpha value is -1.96. The Labute approximate surface area is 111 Å². The minimum Gasteiger partial charge on any atom is -0.395 e. The number of hydrogen-bond acceptors (Lipinski definition) is 5. The van der Waals surface area contributed by atoms with Gasteiger partial charge in [-0.1, -0.05) is 19.1 Å². The van der Waals surface area contributed by atoms with Crippen LogP contribution in [0.3, 0.4) is 0 Å². The first-order valence-corrected chi connectivity index (χ1v) is 6.00. The number of hydrogen-bond donors (Lipinski definition) is 2. The molecule has 0 unspecified atom stereocenters. The Morgan fingerprint density at radius 3 is 2.79 bits per heavy atom. The van der Waals surface area contributed by atoms with E-state index >= 15 is 0 Å². The fourth-order valence-corrected chi connectivity index (χ4v) is 1.24. The van der Waals surface area contributed by atoms with Gasteiger partial charge < -0.3 is 15.3 Å². The molecule has 8 heteroatoms. The van der Waals surface area contributed by atoms with Crippen LogP contribution in [0.15, 0.2) is 6.20 Å². The smallest absolute Gasteiger partial charge is 0.244 e. The molecule has 2 amide bonds. The number of likely N-dealkylation sites (N-methyl/N-ethyl adjacent to an activating group) is 1. The predicted molar refractivity (Wildman–Crippen MR) is 68.2 cm³/mol. The average molecular weight is 269 g/mol. The van der Waals surface area contributed by atoms with Crippen LogP contribution in [0.25, 0.3) is 0 Å². The molecule has 0 spiro atoms. The third-order valence-corrected chi connectivity index (χ3v) is 2.47. The monoisotopic (exact) mass is 269 g/mol. The largest absolute Gasteiger partial charge is 0.395 e. The molecule has 1 rings (SSSR count). The number of anilines is 1. The molecule has 1 aromatic heterocycles. The van der Waals surface area contributed by atoms with Gasteiger partial charge in [-0.15, -0.1) is 5.10 Å². The molecule has 0 saturated carbocycles. The lowest BCUT2D eigenvalue weighted by molar-refractivity contribution is -0.131. The third-order valence-electron chi connectivity index (χ3n) is 2.47. The average Bonchev–Trinajstić information content (AvgIpc) is 2.76. The van der Waals surface area contributed by atoms with Crippen molar-refractivity contribution in [1.82, 2.24) is 19.9 Å². The number of aliphatic hydroxyl groups excluding tert-OH is 1. The molecule has 0 aromatic carbocycles. The van der Waals surface area contributed by atoms with E-state index in [1.165, 1.54) is 15.8 Å². The lowest BCUT2D eigenvalue weighted by atomic mass is 10.2. The summed E-state index contributed by atoms with van der Waals surface area (Å²) in [7, 11) is 1.59. The van der Waals surface area contributed by atoms with E-state index in [0.29, 0.717) is 5.82 Å². The van der Waals surface area contributed by atoms with Gasteiger partial charge in [-0.2, -0.15) is 0 Å². The molecule has 0 bridgehead atoms. The van der Waals surface area contributed by atoms with Crippen LogP contribution in [-0.4, -0.2) is 57.0 Å². The van der Waals surface area contributed by atoms with Crippen LogP contribution in [0.2, 0.25) is 0 Å². The van der Waals surface area contributed by atoms with Crippen LogP contribution < -0.4 is 5.32 Å². The van der Waals surface area contributed by atoms with Gasteiger partial charge in [-0.3, -0.25) is 9.59 Å². The number of carbonyl (C=O) groups is 2. The normalized spacial score (nSPS) is 10.6. The summed E-state index contributed by atoms with van der Waals surface area (Å²) in [5.74, 6) is -0.185. The lowest BCUT2D eigenvalue weighted by Crippen LogP contribution is -2.32. The van der Waals surface area contributed by atoms with E-state index in [2.05, 4.69) is 15.6 Å². The predicted octanol–water partition coefficient (Wildman–Crippen LogP) is -0.677.